The molecule has 0 saturated heterocycles. The number of hydrogen-bond donors (Lipinski definition) is 1. The first kappa shape index (κ1) is 16.2. The lowest BCUT2D eigenvalue weighted by Gasteiger charge is -2.21. The van der Waals surface area contributed by atoms with Crippen LogP contribution in [0.5, 0.6) is 0 Å². The van der Waals surface area contributed by atoms with Gasteiger partial charge in [0.25, 0.3) is 5.91 Å². The molecule has 1 aromatic carbocycles. The van der Waals surface area contributed by atoms with Gasteiger partial charge in [0, 0.05) is 25.7 Å². The molecule has 0 radical (unpaired) electrons. The summed E-state index contributed by atoms with van der Waals surface area (Å²) in [5.41, 5.74) is 1.52. The highest BCUT2D eigenvalue weighted by atomic mass is 16.2. The van der Waals surface area contributed by atoms with Gasteiger partial charge in [-0.3, -0.25) is 9.59 Å². The molecule has 0 aliphatic rings. The minimum absolute atomic E-state index is 0.0476. The van der Waals surface area contributed by atoms with Crippen molar-refractivity contribution in [1.82, 2.24) is 10.2 Å². The van der Waals surface area contributed by atoms with Crippen LogP contribution in [0.4, 0.5) is 0 Å². The molecular weight excluding hydrogens is 252 g/mol. The van der Waals surface area contributed by atoms with Gasteiger partial charge in [0.05, 0.1) is 6.42 Å². The zero-order valence-electron chi connectivity index (χ0n) is 12.6. The molecule has 1 rings (SSSR count). The normalized spacial score (nSPS) is 10.2. The predicted molar refractivity (Wildman–Crippen MR) is 80.7 cm³/mol. The molecule has 1 N–H and O–H groups in total. The number of nitrogens with one attached hydrogen (secondary N) is 1. The smallest absolute Gasteiger partial charge is 0.253 e. The van der Waals surface area contributed by atoms with E-state index in [-0.39, 0.29) is 11.8 Å². The predicted octanol–water partition coefficient (Wildman–Crippen LogP) is 2.24. The van der Waals surface area contributed by atoms with Gasteiger partial charge in [-0.2, -0.15) is 0 Å². The molecule has 0 unspecified atom stereocenters. The summed E-state index contributed by atoms with van der Waals surface area (Å²) < 4.78 is 0. The van der Waals surface area contributed by atoms with E-state index < -0.39 is 0 Å². The molecule has 0 heterocycles. The lowest BCUT2D eigenvalue weighted by atomic mass is 10.1. The molecule has 0 bridgehead atoms. The van der Waals surface area contributed by atoms with Crippen molar-refractivity contribution in [3.05, 3.63) is 35.4 Å². The Balaban J connectivity index is 2.86. The Hall–Kier alpha value is -1.84. The topological polar surface area (TPSA) is 49.4 Å². The van der Waals surface area contributed by atoms with Crippen molar-refractivity contribution in [3.8, 4) is 0 Å². The summed E-state index contributed by atoms with van der Waals surface area (Å²) in [5, 5.41) is 2.59. The van der Waals surface area contributed by atoms with Crippen molar-refractivity contribution in [2.24, 2.45) is 0 Å². The lowest BCUT2D eigenvalue weighted by molar-refractivity contribution is -0.119. The third kappa shape index (κ3) is 4.68. The number of carbonyl (C=O) groups is 2. The Bertz CT molecular complexity index is 452. The molecule has 0 aliphatic heterocycles. The van der Waals surface area contributed by atoms with Crippen LogP contribution in [-0.4, -0.2) is 36.9 Å². The zero-order valence-corrected chi connectivity index (χ0v) is 12.6. The number of nitrogens with zero attached hydrogens (tertiary/aromatic N) is 1. The first-order valence-electron chi connectivity index (χ1n) is 7.21. The first-order chi connectivity index (χ1) is 9.62. The second kappa shape index (κ2) is 8.35. The van der Waals surface area contributed by atoms with Crippen molar-refractivity contribution >= 4 is 11.8 Å². The maximum Gasteiger partial charge on any atom is 0.253 e. The Labute approximate surface area is 121 Å². The molecular formula is C16H24N2O2. The third-order valence-corrected chi connectivity index (χ3v) is 3.09. The van der Waals surface area contributed by atoms with E-state index in [9.17, 15) is 9.59 Å². The fourth-order valence-electron chi connectivity index (χ4n) is 2.13. The lowest BCUT2D eigenvalue weighted by Crippen LogP contribution is -2.32. The van der Waals surface area contributed by atoms with Crippen LogP contribution in [0.15, 0.2) is 24.3 Å². The van der Waals surface area contributed by atoms with Gasteiger partial charge in [0.2, 0.25) is 5.91 Å². The van der Waals surface area contributed by atoms with Crippen molar-refractivity contribution in [3.63, 3.8) is 0 Å². The van der Waals surface area contributed by atoms with E-state index in [4.69, 9.17) is 0 Å². The van der Waals surface area contributed by atoms with Crippen LogP contribution in [0.2, 0.25) is 0 Å². The van der Waals surface area contributed by atoms with Gasteiger partial charge >= 0.3 is 0 Å². The largest absolute Gasteiger partial charge is 0.359 e. The second-order valence-corrected chi connectivity index (χ2v) is 4.84. The van der Waals surface area contributed by atoms with E-state index in [1.807, 2.05) is 29.2 Å². The van der Waals surface area contributed by atoms with Crippen molar-refractivity contribution in [1.29, 1.82) is 0 Å². The van der Waals surface area contributed by atoms with Gasteiger partial charge in [-0.05, 0) is 30.5 Å². The molecule has 1 aromatic rings. The van der Waals surface area contributed by atoms with Gasteiger partial charge in [-0.15, -0.1) is 0 Å². The van der Waals surface area contributed by atoms with E-state index in [0.717, 1.165) is 31.5 Å². The van der Waals surface area contributed by atoms with E-state index in [1.54, 1.807) is 7.05 Å². The van der Waals surface area contributed by atoms with Crippen LogP contribution in [0.25, 0.3) is 0 Å². The average molecular weight is 276 g/mol. The number of amides is 2. The molecule has 0 aromatic heterocycles. The average Bonchev–Trinajstić information content (AvgIpc) is 2.46. The molecule has 20 heavy (non-hydrogen) atoms. The quantitative estimate of drug-likeness (QED) is 0.830. The number of hydrogen-bond acceptors (Lipinski definition) is 2. The van der Waals surface area contributed by atoms with E-state index in [0.29, 0.717) is 12.0 Å². The molecule has 0 fully saturated rings. The minimum atomic E-state index is -0.0476. The molecule has 110 valence electrons. The maximum absolute atomic E-state index is 12.5. The van der Waals surface area contributed by atoms with Gasteiger partial charge in [-0.1, -0.05) is 26.0 Å². The SMILES string of the molecule is CCCN(CCC)C(=O)c1cccc(CC(=O)NC)c1. The fraction of sp³-hybridized carbons (Fsp3) is 0.500. The Morgan fingerprint density at radius 1 is 1.15 bits per heavy atom. The van der Waals surface area contributed by atoms with E-state index in [1.165, 1.54) is 0 Å². The van der Waals surface area contributed by atoms with Crippen molar-refractivity contribution in [2.45, 2.75) is 33.1 Å². The van der Waals surface area contributed by atoms with Crippen LogP contribution in [0.3, 0.4) is 0 Å². The third-order valence-electron chi connectivity index (χ3n) is 3.09. The zero-order chi connectivity index (χ0) is 15.0. The Morgan fingerprint density at radius 3 is 2.35 bits per heavy atom. The monoisotopic (exact) mass is 276 g/mol. The Morgan fingerprint density at radius 2 is 1.80 bits per heavy atom. The van der Waals surface area contributed by atoms with Crippen LogP contribution >= 0.6 is 0 Å². The molecule has 4 nitrogen and oxygen atoms in total. The molecule has 0 spiro atoms. The summed E-state index contributed by atoms with van der Waals surface area (Å²) >= 11 is 0. The van der Waals surface area contributed by atoms with Crippen LogP contribution < -0.4 is 5.32 Å². The van der Waals surface area contributed by atoms with Gasteiger partial charge in [0.15, 0.2) is 0 Å². The van der Waals surface area contributed by atoms with E-state index >= 15 is 0 Å². The Kier molecular flexibility index (Phi) is 6.77. The minimum Gasteiger partial charge on any atom is -0.359 e. The van der Waals surface area contributed by atoms with Gasteiger partial charge in [-0.25, -0.2) is 0 Å². The standard InChI is InChI=1S/C16H24N2O2/c1-4-9-18(10-5-2)16(20)14-8-6-7-13(11-14)12-15(19)17-3/h6-8,11H,4-5,9-10,12H2,1-3H3,(H,17,19). The number of benzene rings is 1. The van der Waals surface area contributed by atoms with Gasteiger partial charge < -0.3 is 10.2 Å². The van der Waals surface area contributed by atoms with Crippen LogP contribution in [0.1, 0.15) is 42.6 Å². The number of likely N-dealkylation sites (N-methyl/N-ethyl adjacent to an activating group) is 1. The summed E-state index contributed by atoms with van der Waals surface area (Å²) in [7, 11) is 1.61. The van der Waals surface area contributed by atoms with E-state index in [2.05, 4.69) is 19.2 Å². The molecule has 0 atom stereocenters. The maximum atomic E-state index is 12.5. The number of rotatable bonds is 7. The summed E-state index contributed by atoms with van der Waals surface area (Å²) in [5.74, 6) is 0.000952. The van der Waals surface area contributed by atoms with Crippen molar-refractivity contribution < 1.29 is 9.59 Å². The van der Waals surface area contributed by atoms with Crippen molar-refractivity contribution in [2.75, 3.05) is 20.1 Å². The van der Waals surface area contributed by atoms with Gasteiger partial charge in [0.1, 0.15) is 0 Å². The van der Waals surface area contributed by atoms with Crippen LogP contribution in [0, 0.1) is 0 Å². The summed E-state index contributed by atoms with van der Waals surface area (Å²) in [6.07, 6.45) is 2.20. The molecule has 0 saturated carbocycles. The molecule has 0 aliphatic carbocycles. The van der Waals surface area contributed by atoms with Crippen LogP contribution in [-0.2, 0) is 11.2 Å². The summed E-state index contributed by atoms with van der Waals surface area (Å²) in [4.78, 5) is 25.7. The second-order valence-electron chi connectivity index (χ2n) is 4.84. The fourth-order valence-corrected chi connectivity index (χ4v) is 2.13. The molecule has 4 heteroatoms. The highest BCUT2D eigenvalue weighted by molar-refractivity contribution is 5.94. The highest BCUT2D eigenvalue weighted by Gasteiger charge is 2.14. The summed E-state index contributed by atoms with van der Waals surface area (Å²) in [6.45, 7) is 5.68. The summed E-state index contributed by atoms with van der Waals surface area (Å²) in [6, 6.07) is 7.33. The number of carbonyl (C=O) groups excluding carboxylic acids is 2. The molecule has 2 amide bonds. The highest BCUT2D eigenvalue weighted by Crippen LogP contribution is 2.10. The first-order valence-corrected chi connectivity index (χ1v) is 7.21.